The third kappa shape index (κ3) is 2.78. The molecule has 0 radical (unpaired) electrons. The summed E-state index contributed by atoms with van der Waals surface area (Å²) in [6.07, 6.45) is 0. The molecule has 1 unspecified atom stereocenters. The summed E-state index contributed by atoms with van der Waals surface area (Å²) in [5, 5.41) is 9.10. The van der Waals surface area contributed by atoms with Gasteiger partial charge in [0.05, 0.1) is 11.8 Å². The molecule has 102 valence electrons. The number of nitrogens with zero attached hydrogens (tertiary/aromatic N) is 1. The number of carbonyl (C=O) groups is 2. The van der Waals surface area contributed by atoms with Gasteiger partial charge in [0.25, 0.3) is 0 Å². The normalized spacial score (nSPS) is 24.2. The SMILES string of the molecule is CC(C(=O)N1C[C@@H](C)[C@H](C(=O)O)C1)c1ccccc1. The van der Waals surface area contributed by atoms with Gasteiger partial charge in [-0.25, -0.2) is 0 Å². The Bertz CT molecular complexity index is 472. The maximum absolute atomic E-state index is 12.4. The first-order valence-electron chi connectivity index (χ1n) is 6.57. The highest BCUT2D eigenvalue weighted by Crippen LogP contribution is 2.27. The number of carboxylic acid groups (broad SMARTS) is 1. The summed E-state index contributed by atoms with van der Waals surface area (Å²) < 4.78 is 0. The van der Waals surface area contributed by atoms with Crippen molar-refractivity contribution >= 4 is 11.9 Å². The van der Waals surface area contributed by atoms with Gasteiger partial charge in [0, 0.05) is 13.1 Å². The Balaban J connectivity index is 2.07. The molecule has 0 spiro atoms. The van der Waals surface area contributed by atoms with Crippen LogP contribution in [0.4, 0.5) is 0 Å². The Morgan fingerprint density at radius 2 is 1.89 bits per heavy atom. The van der Waals surface area contributed by atoms with Gasteiger partial charge in [0.1, 0.15) is 0 Å². The third-order valence-corrected chi connectivity index (χ3v) is 3.91. The van der Waals surface area contributed by atoms with Gasteiger partial charge in [-0.1, -0.05) is 37.3 Å². The topological polar surface area (TPSA) is 57.6 Å². The molecule has 19 heavy (non-hydrogen) atoms. The molecule has 0 aliphatic carbocycles. The van der Waals surface area contributed by atoms with Crippen LogP contribution in [-0.4, -0.2) is 35.0 Å². The van der Waals surface area contributed by atoms with Crippen molar-refractivity contribution in [2.24, 2.45) is 11.8 Å². The van der Waals surface area contributed by atoms with Gasteiger partial charge in [0.2, 0.25) is 5.91 Å². The number of hydrogen-bond donors (Lipinski definition) is 1. The molecule has 0 aromatic heterocycles. The zero-order valence-corrected chi connectivity index (χ0v) is 11.2. The van der Waals surface area contributed by atoms with Crippen molar-refractivity contribution in [3.8, 4) is 0 Å². The van der Waals surface area contributed by atoms with Crippen molar-refractivity contribution in [3.63, 3.8) is 0 Å². The van der Waals surface area contributed by atoms with Crippen LogP contribution in [0.25, 0.3) is 0 Å². The molecule has 1 fully saturated rings. The minimum atomic E-state index is -0.810. The van der Waals surface area contributed by atoms with Crippen molar-refractivity contribution in [2.45, 2.75) is 19.8 Å². The smallest absolute Gasteiger partial charge is 0.308 e. The van der Waals surface area contributed by atoms with Crippen LogP contribution >= 0.6 is 0 Å². The lowest BCUT2D eigenvalue weighted by molar-refractivity contribution is -0.142. The van der Waals surface area contributed by atoms with Crippen molar-refractivity contribution in [2.75, 3.05) is 13.1 Å². The first kappa shape index (κ1) is 13.6. The van der Waals surface area contributed by atoms with Crippen LogP contribution in [0.15, 0.2) is 30.3 Å². The summed E-state index contributed by atoms with van der Waals surface area (Å²) in [6.45, 7) is 4.62. The summed E-state index contributed by atoms with van der Waals surface area (Å²) in [4.78, 5) is 25.2. The number of amides is 1. The number of carboxylic acids is 1. The predicted molar refractivity (Wildman–Crippen MR) is 71.7 cm³/mol. The summed E-state index contributed by atoms with van der Waals surface area (Å²) in [5.74, 6) is -1.44. The number of rotatable bonds is 3. The molecule has 1 aromatic carbocycles. The van der Waals surface area contributed by atoms with E-state index in [0.717, 1.165) is 5.56 Å². The highest BCUT2D eigenvalue weighted by molar-refractivity contribution is 5.84. The Kier molecular flexibility index (Phi) is 3.88. The number of carbonyl (C=O) groups excluding carboxylic acids is 1. The Hall–Kier alpha value is -1.84. The van der Waals surface area contributed by atoms with E-state index in [9.17, 15) is 9.59 Å². The molecule has 1 heterocycles. The maximum Gasteiger partial charge on any atom is 0.308 e. The minimum absolute atomic E-state index is 0.0156. The first-order chi connectivity index (χ1) is 9.00. The molecule has 1 aliphatic rings. The molecule has 1 amide bonds. The van der Waals surface area contributed by atoms with Crippen LogP contribution in [0.1, 0.15) is 25.3 Å². The largest absolute Gasteiger partial charge is 0.481 e. The van der Waals surface area contributed by atoms with Gasteiger partial charge in [0.15, 0.2) is 0 Å². The van der Waals surface area contributed by atoms with Crippen LogP contribution in [-0.2, 0) is 9.59 Å². The summed E-state index contributed by atoms with van der Waals surface area (Å²) in [5.41, 5.74) is 0.971. The van der Waals surface area contributed by atoms with Gasteiger partial charge >= 0.3 is 5.97 Å². The molecular weight excluding hydrogens is 242 g/mol. The molecule has 3 atom stereocenters. The molecule has 4 nitrogen and oxygen atoms in total. The van der Waals surface area contributed by atoms with Crippen molar-refractivity contribution in [1.82, 2.24) is 4.90 Å². The first-order valence-corrected chi connectivity index (χ1v) is 6.57. The fraction of sp³-hybridized carbons (Fsp3) is 0.467. The molecule has 1 N–H and O–H groups in total. The lowest BCUT2D eigenvalue weighted by Crippen LogP contribution is -2.33. The molecule has 0 saturated carbocycles. The highest BCUT2D eigenvalue weighted by atomic mass is 16.4. The molecule has 1 aromatic rings. The van der Waals surface area contributed by atoms with E-state index in [1.807, 2.05) is 44.2 Å². The molecule has 0 bridgehead atoms. The summed E-state index contributed by atoms with van der Waals surface area (Å²) >= 11 is 0. The van der Waals surface area contributed by atoms with Crippen molar-refractivity contribution < 1.29 is 14.7 Å². The molecule has 1 saturated heterocycles. The van der Waals surface area contributed by atoms with Gasteiger partial charge in [-0.15, -0.1) is 0 Å². The fourth-order valence-corrected chi connectivity index (χ4v) is 2.63. The van der Waals surface area contributed by atoms with E-state index in [4.69, 9.17) is 5.11 Å². The van der Waals surface area contributed by atoms with Gasteiger partial charge in [-0.3, -0.25) is 9.59 Å². The second-order valence-corrected chi connectivity index (χ2v) is 5.30. The van der Waals surface area contributed by atoms with E-state index in [1.54, 1.807) is 4.90 Å². The second kappa shape index (κ2) is 5.43. The molecule has 1 aliphatic heterocycles. The lowest BCUT2D eigenvalue weighted by atomic mass is 9.99. The highest BCUT2D eigenvalue weighted by Gasteiger charge is 2.38. The quantitative estimate of drug-likeness (QED) is 0.905. The Morgan fingerprint density at radius 3 is 2.42 bits per heavy atom. The van der Waals surface area contributed by atoms with E-state index >= 15 is 0 Å². The van der Waals surface area contributed by atoms with E-state index in [1.165, 1.54) is 0 Å². The van der Waals surface area contributed by atoms with Crippen LogP contribution in [0, 0.1) is 11.8 Å². The van der Waals surface area contributed by atoms with Gasteiger partial charge < -0.3 is 10.0 Å². The Labute approximate surface area is 113 Å². The van der Waals surface area contributed by atoms with Crippen molar-refractivity contribution in [1.29, 1.82) is 0 Å². The number of likely N-dealkylation sites (tertiary alicyclic amines) is 1. The summed E-state index contributed by atoms with van der Waals surface area (Å²) in [6, 6.07) is 9.59. The minimum Gasteiger partial charge on any atom is -0.481 e. The lowest BCUT2D eigenvalue weighted by Gasteiger charge is -2.21. The standard InChI is InChI=1S/C15H19NO3/c1-10-8-16(9-13(10)15(18)19)14(17)11(2)12-6-4-3-5-7-12/h3-7,10-11,13H,8-9H2,1-2H3,(H,18,19)/t10-,11?,13-/m1/s1. The van der Waals surface area contributed by atoms with E-state index < -0.39 is 11.9 Å². The van der Waals surface area contributed by atoms with E-state index in [0.29, 0.717) is 13.1 Å². The monoisotopic (exact) mass is 261 g/mol. The van der Waals surface area contributed by atoms with Crippen LogP contribution < -0.4 is 0 Å². The van der Waals surface area contributed by atoms with Gasteiger partial charge in [-0.05, 0) is 18.4 Å². The third-order valence-electron chi connectivity index (χ3n) is 3.91. The number of aliphatic carboxylic acids is 1. The second-order valence-electron chi connectivity index (χ2n) is 5.30. The fourth-order valence-electron chi connectivity index (χ4n) is 2.63. The van der Waals surface area contributed by atoms with Gasteiger partial charge in [-0.2, -0.15) is 0 Å². The average molecular weight is 261 g/mol. The average Bonchev–Trinajstić information content (AvgIpc) is 2.80. The molecular formula is C15H19NO3. The van der Waals surface area contributed by atoms with Crippen LogP contribution in [0.5, 0.6) is 0 Å². The number of hydrogen-bond acceptors (Lipinski definition) is 2. The van der Waals surface area contributed by atoms with Crippen LogP contribution in [0.2, 0.25) is 0 Å². The Morgan fingerprint density at radius 1 is 1.26 bits per heavy atom. The van der Waals surface area contributed by atoms with Crippen LogP contribution in [0.3, 0.4) is 0 Å². The number of benzene rings is 1. The molecule has 2 rings (SSSR count). The zero-order valence-electron chi connectivity index (χ0n) is 11.2. The van der Waals surface area contributed by atoms with E-state index in [2.05, 4.69) is 0 Å². The maximum atomic E-state index is 12.4. The predicted octanol–water partition coefficient (Wildman–Crippen LogP) is 1.97. The zero-order chi connectivity index (χ0) is 14.0. The molecule has 4 heteroatoms. The summed E-state index contributed by atoms with van der Waals surface area (Å²) in [7, 11) is 0. The van der Waals surface area contributed by atoms with E-state index in [-0.39, 0.29) is 17.7 Å². The van der Waals surface area contributed by atoms with Crippen molar-refractivity contribution in [3.05, 3.63) is 35.9 Å².